The van der Waals surface area contributed by atoms with Crippen LogP contribution in [0.4, 0.5) is 0 Å². The third-order valence-corrected chi connectivity index (χ3v) is 5.10. The number of likely N-dealkylation sites (tertiary alicyclic amines) is 1. The first kappa shape index (κ1) is 15.3. The molecule has 0 aliphatic carbocycles. The number of para-hydroxylation sites is 1. The molecule has 0 N–H and O–H groups in total. The summed E-state index contributed by atoms with van der Waals surface area (Å²) in [6.45, 7) is 3.94. The van der Waals surface area contributed by atoms with Crippen LogP contribution >= 0.6 is 11.8 Å². The van der Waals surface area contributed by atoms with E-state index in [-0.39, 0.29) is 5.91 Å². The second kappa shape index (κ2) is 7.14. The third kappa shape index (κ3) is 3.61. The van der Waals surface area contributed by atoms with Crippen LogP contribution in [0, 0.1) is 6.92 Å². The fourth-order valence-corrected chi connectivity index (χ4v) is 3.82. The van der Waals surface area contributed by atoms with Gasteiger partial charge in [0.25, 0.3) is 0 Å². The Labute approximate surface area is 136 Å². The zero-order valence-corrected chi connectivity index (χ0v) is 13.9. The quantitative estimate of drug-likeness (QED) is 0.802. The molecule has 0 atom stereocenters. The molecule has 0 bridgehead atoms. The first-order valence-electron chi connectivity index (χ1n) is 8.01. The zero-order chi connectivity index (χ0) is 15.4. The Morgan fingerprint density at radius 2 is 1.91 bits per heavy atom. The van der Waals surface area contributed by atoms with Gasteiger partial charge >= 0.3 is 0 Å². The van der Waals surface area contributed by atoms with E-state index in [1.165, 1.54) is 23.8 Å². The maximum absolute atomic E-state index is 12.4. The van der Waals surface area contributed by atoms with Gasteiger partial charge in [-0.05, 0) is 37.5 Å². The van der Waals surface area contributed by atoms with Gasteiger partial charge in [0.1, 0.15) is 0 Å². The molecule has 1 aliphatic heterocycles. The standard InChI is InChI=1S/C18H22N2OS/c1-14-12-17(19-16-9-5-4-8-15(14)16)22-13-18(21)20-10-6-2-3-7-11-20/h4-5,8-9,12H,2-3,6-7,10-11,13H2,1H3. The molecular weight excluding hydrogens is 292 g/mol. The Hall–Kier alpha value is -1.55. The average molecular weight is 314 g/mol. The number of aryl methyl sites for hydroxylation is 1. The maximum atomic E-state index is 12.4. The van der Waals surface area contributed by atoms with Crippen molar-refractivity contribution in [2.45, 2.75) is 37.6 Å². The van der Waals surface area contributed by atoms with Crippen LogP contribution in [0.25, 0.3) is 10.9 Å². The van der Waals surface area contributed by atoms with Crippen LogP contribution in [0.5, 0.6) is 0 Å². The van der Waals surface area contributed by atoms with Crippen molar-refractivity contribution >= 4 is 28.6 Å². The highest BCUT2D eigenvalue weighted by Gasteiger charge is 2.16. The predicted octanol–water partition coefficient (Wildman–Crippen LogP) is 4.04. The number of benzene rings is 1. The molecule has 0 saturated carbocycles. The highest BCUT2D eigenvalue weighted by atomic mass is 32.2. The van der Waals surface area contributed by atoms with Crippen LogP contribution in [0.3, 0.4) is 0 Å². The summed E-state index contributed by atoms with van der Waals surface area (Å²) < 4.78 is 0. The minimum atomic E-state index is 0.250. The van der Waals surface area contributed by atoms with Crippen molar-refractivity contribution in [1.82, 2.24) is 9.88 Å². The first-order valence-corrected chi connectivity index (χ1v) is 8.99. The van der Waals surface area contributed by atoms with Gasteiger partial charge in [-0.1, -0.05) is 42.8 Å². The van der Waals surface area contributed by atoms with Gasteiger partial charge in [-0.25, -0.2) is 4.98 Å². The van der Waals surface area contributed by atoms with E-state index in [0.29, 0.717) is 5.75 Å². The monoisotopic (exact) mass is 314 g/mol. The number of thioether (sulfide) groups is 1. The van der Waals surface area contributed by atoms with Crippen molar-refractivity contribution in [3.8, 4) is 0 Å². The molecule has 3 nitrogen and oxygen atoms in total. The second-order valence-corrected chi connectivity index (χ2v) is 6.87. The number of hydrogen-bond donors (Lipinski definition) is 0. The van der Waals surface area contributed by atoms with Gasteiger partial charge in [-0.3, -0.25) is 4.79 Å². The van der Waals surface area contributed by atoms with E-state index >= 15 is 0 Å². The Morgan fingerprint density at radius 1 is 1.18 bits per heavy atom. The Bertz CT molecular complexity index is 663. The molecule has 4 heteroatoms. The van der Waals surface area contributed by atoms with Gasteiger partial charge in [0.15, 0.2) is 0 Å². The molecule has 1 fully saturated rings. The number of fused-ring (bicyclic) bond motifs is 1. The van der Waals surface area contributed by atoms with Crippen molar-refractivity contribution in [3.63, 3.8) is 0 Å². The summed E-state index contributed by atoms with van der Waals surface area (Å²) in [6, 6.07) is 10.2. The van der Waals surface area contributed by atoms with Gasteiger partial charge in [0.2, 0.25) is 5.91 Å². The van der Waals surface area contributed by atoms with E-state index in [4.69, 9.17) is 0 Å². The number of amides is 1. The van der Waals surface area contributed by atoms with Gasteiger partial charge in [-0.2, -0.15) is 0 Å². The second-order valence-electron chi connectivity index (χ2n) is 5.88. The molecule has 1 aliphatic rings. The van der Waals surface area contributed by atoms with E-state index in [9.17, 15) is 4.79 Å². The summed E-state index contributed by atoms with van der Waals surface area (Å²) in [6.07, 6.45) is 4.79. The Kier molecular flexibility index (Phi) is 4.98. The van der Waals surface area contributed by atoms with Crippen molar-refractivity contribution < 1.29 is 4.79 Å². The minimum absolute atomic E-state index is 0.250. The number of carbonyl (C=O) groups is 1. The smallest absolute Gasteiger partial charge is 0.232 e. The number of carbonyl (C=O) groups excluding carboxylic acids is 1. The summed E-state index contributed by atoms with van der Waals surface area (Å²) in [5.41, 5.74) is 2.22. The highest BCUT2D eigenvalue weighted by molar-refractivity contribution is 7.99. The fourth-order valence-electron chi connectivity index (χ4n) is 2.94. The summed E-state index contributed by atoms with van der Waals surface area (Å²) in [5.74, 6) is 0.740. The molecule has 1 saturated heterocycles. The highest BCUT2D eigenvalue weighted by Crippen LogP contribution is 2.24. The van der Waals surface area contributed by atoms with E-state index in [1.807, 2.05) is 23.1 Å². The third-order valence-electron chi connectivity index (χ3n) is 4.20. The summed E-state index contributed by atoms with van der Waals surface area (Å²) in [4.78, 5) is 19.0. The zero-order valence-electron chi connectivity index (χ0n) is 13.0. The average Bonchev–Trinajstić information content (AvgIpc) is 2.82. The van der Waals surface area contributed by atoms with Crippen molar-refractivity contribution in [2.24, 2.45) is 0 Å². The molecule has 0 radical (unpaired) electrons. The first-order chi connectivity index (χ1) is 10.7. The number of pyridine rings is 1. The van der Waals surface area contributed by atoms with Gasteiger partial charge in [0, 0.05) is 18.5 Å². The topological polar surface area (TPSA) is 33.2 Å². The van der Waals surface area contributed by atoms with E-state index in [1.54, 1.807) is 11.8 Å². The van der Waals surface area contributed by atoms with E-state index in [2.05, 4.69) is 24.0 Å². The SMILES string of the molecule is Cc1cc(SCC(=O)N2CCCCCC2)nc2ccccc12. The van der Waals surface area contributed by atoms with Crippen LogP contribution in [-0.4, -0.2) is 34.6 Å². The van der Waals surface area contributed by atoms with Crippen molar-refractivity contribution in [1.29, 1.82) is 0 Å². The minimum Gasteiger partial charge on any atom is -0.342 e. The predicted molar refractivity (Wildman–Crippen MR) is 92.3 cm³/mol. The van der Waals surface area contributed by atoms with Crippen LogP contribution in [0.2, 0.25) is 0 Å². The maximum Gasteiger partial charge on any atom is 0.232 e. The molecule has 1 amide bonds. The number of hydrogen-bond acceptors (Lipinski definition) is 3. The lowest BCUT2D eigenvalue weighted by atomic mass is 10.1. The van der Waals surface area contributed by atoms with Crippen LogP contribution in [0.1, 0.15) is 31.2 Å². The molecule has 3 rings (SSSR count). The van der Waals surface area contributed by atoms with Gasteiger partial charge in [0.05, 0.1) is 16.3 Å². The molecule has 22 heavy (non-hydrogen) atoms. The summed E-state index contributed by atoms with van der Waals surface area (Å²) >= 11 is 1.56. The molecular formula is C18H22N2OS. The van der Waals surface area contributed by atoms with E-state index < -0.39 is 0 Å². The van der Waals surface area contributed by atoms with Crippen LogP contribution in [-0.2, 0) is 4.79 Å². The largest absolute Gasteiger partial charge is 0.342 e. The molecule has 1 aromatic carbocycles. The lowest BCUT2D eigenvalue weighted by molar-refractivity contribution is -0.128. The number of nitrogens with zero attached hydrogens (tertiary/aromatic N) is 2. The molecule has 0 unspecified atom stereocenters. The van der Waals surface area contributed by atoms with Crippen LogP contribution in [0.15, 0.2) is 35.4 Å². The number of aromatic nitrogens is 1. The number of rotatable bonds is 3. The molecule has 0 spiro atoms. The van der Waals surface area contributed by atoms with Crippen molar-refractivity contribution in [3.05, 3.63) is 35.9 Å². The lowest BCUT2D eigenvalue weighted by Crippen LogP contribution is -2.33. The molecule has 1 aromatic heterocycles. The van der Waals surface area contributed by atoms with E-state index in [0.717, 1.165) is 36.5 Å². The van der Waals surface area contributed by atoms with Crippen LogP contribution < -0.4 is 0 Å². The Morgan fingerprint density at radius 3 is 2.68 bits per heavy atom. The lowest BCUT2D eigenvalue weighted by Gasteiger charge is -2.19. The summed E-state index contributed by atoms with van der Waals surface area (Å²) in [7, 11) is 0. The van der Waals surface area contributed by atoms with Crippen molar-refractivity contribution in [2.75, 3.05) is 18.8 Å². The van der Waals surface area contributed by atoms with Gasteiger partial charge < -0.3 is 4.90 Å². The summed E-state index contributed by atoms with van der Waals surface area (Å²) in [5, 5.41) is 2.13. The van der Waals surface area contributed by atoms with Gasteiger partial charge in [-0.15, -0.1) is 0 Å². The molecule has 2 aromatic rings. The molecule has 116 valence electrons. The molecule has 2 heterocycles. The Balaban J connectivity index is 1.67. The normalized spacial score (nSPS) is 15.8. The fraction of sp³-hybridized carbons (Fsp3) is 0.444.